The number of aryl methyl sites for hydroxylation is 1. The Morgan fingerprint density at radius 2 is 1.56 bits per heavy atom. The fourth-order valence-corrected chi connectivity index (χ4v) is 4.57. The zero-order valence-corrected chi connectivity index (χ0v) is 22.1. The topological polar surface area (TPSA) is 86.8 Å². The van der Waals surface area contributed by atoms with E-state index in [2.05, 4.69) is 26.1 Å². The number of hydrogen-bond donors (Lipinski definition) is 1. The van der Waals surface area contributed by atoms with Crippen LogP contribution in [0.3, 0.4) is 0 Å². The summed E-state index contributed by atoms with van der Waals surface area (Å²) >= 11 is 0. The summed E-state index contributed by atoms with van der Waals surface area (Å²) in [6, 6.07) is 14.2. The summed E-state index contributed by atoms with van der Waals surface area (Å²) in [6.07, 6.45) is 1.48. The Morgan fingerprint density at radius 1 is 1.00 bits per heavy atom. The van der Waals surface area contributed by atoms with E-state index in [9.17, 15) is 18.0 Å². The Kier molecular flexibility index (Phi) is 8.89. The van der Waals surface area contributed by atoms with Gasteiger partial charge in [-0.25, -0.2) is 8.42 Å². The van der Waals surface area contributed by atoms with Crippen LogP contribution in [0.15, 0.2) is 48.5 Å². The lowest BCUT2D eigenvalue weighted by Crippen LogP contribution is -2.51. The van der Waals surface area contributed by atoms with Crippen LogP contribution in [-0.2, 0) is 31.6 Å². The van der Waals surface area contributed by atoms with Crippen LogP contribution in [-0.4, -0.2) is 51.0 Å². The molecule has 0 aromatic heterocycles. The molecule has 0 saturated carbocycles. The van der Waals surface area contributed by atoms with Crippen molar-refractivity contribution in [1.82, 2.24) is 10.2 Å². The number of amides is 2. The van der Waals surface area contributed by atoms with Crippen molar-refractivity contribution in [2.75, 3.05) is 24.2 Å². The summed E-state index contributed by atoms with van der Waals surface area (Å²) in [5, 5.41) is 2.62. The number of nitrogens with zero attached hydrogens (tertiary/aromatic N) is 2. The minimum atomic E-state index is -3.75. The van der Waals surface area contributed by atoms with Gasteiger partial charge in [-0.05, 0) is 42.0 Å². The van der Waals surface area contributed by atoms with Crippen LogP contribution in [0.25, 0.3) is 0 Å². The first-order chi connectivity index (χ1) is 15.8. The molecule has 0 saturated heterocycles. The Balaban J connectivity index is 2.42. The molecule has 2 amide bonds. The highest BCUT2D eigenvalue weighted by molar-refractivity contribution is 7.92. The third kappa shape index (κ3) is 7.06. The summed E-state index contributed by atoms with van der Waals surface area (Å²) in [5.41, 5.74) is 3.33. The fourth-order valence-electron chi connectivity index (χ4n) is 3.72. The second-order valence-electron chi connectivity index (χ2n) is 9.61. The van der Waals surface area contributed by atoms with Gasteiger partial charge in [0.25, 0.3) is 0 Å². The minimum absolute atomic E-state index is 0.0863. The predicted molar refractivity (Wildman–Crippen MR) is 137 cm³/mol. The van der Waals surface area contributed by atoms with Crippen LogP contribution in [0.2, 0.25) is 0 Å². The zero-order chi connectivity index (χ0) is 25.7. The molecule has 0 aliphatic heterocycles. The zero-order valence-electron chi connectivity index (χ0n) is 21.3. The van der Waals surface area contributed by atoms with Crippen molar-refractivity contribution < 1.29 is 18.0 Å². The van der Waals surface area contributed by atoms with Crippen LogP contribution >= 0.6 is 0 Å². The van der Waals surface area contributed by atoms with Crippen molar-refractivity contribution >= 4 is 27.5 Å². The summed E-state index contributed by atoms with van der Waals surface area (Å²) in [5.74, 6) is -0.732. The highest BCUT2D eigenvalue weighted by atomic mass is 32.2. The average molecular weight is 488 g/mol. The monoisotopic (exact) mass is 487 g/mol. The summed E-state index contributed by atoms with van der Waals surface area (Å²) in [6.45, 7) is 9.83. The van der Waals surface area contributed by atoms with Crippen LogP contribution in [0, 0.1) is 6.92 Å². The van der Waals surface area contributed by atoms with Crippen LogP contribution in [0.5, 0.6) is 0 Å². The van der Waals surface area contributed by atoms with Crippen LogP contribution in [0.4, 0.5) is 5.69 Å². The molecule has 0 aliphatic carbocycles. The molecule has 186 valence electrons. The summed E-state index contributed by atoms with van der Waals surface area (Å²) in [4.78, 5) is 27.6. The van der Waals surface area contributed by atoms with Gasteiger partial charge in [-0.15, -0.1) is 0 Å². The van der Waals surface area contributed by atoms with Crippen LogP contribution < -0.4 is 9.62 Å². The third-order valence-electron chi connectivity index (χ3n) is 5.81. The molecule has 0 spiro atoms. The number of sulfonamides is 1. The quantitative estimate of drug-likeness (QED) is 0.585. The fraction of sp³-hybridized carbons (Fsp3) is 0.462. The molecule has 7 nitrogen and oxygen atoms in total. The smallest absolute Gasteiger partial charge is 0.244 e. The number of nitrogens with one attached hydrogen (secondary N) is 1. The molecule has 0 unspecified atom stereocenters. The lowest BCUT2D eigenvalue weighted by molar-refractivity contribution is -0.140. The van der Waals surface area contributed by atoms with E-state index >= 15 is 0 Å². The Labute approximate surface area is 204 Å². The van der Waals surface area contributed by atoms with Crippen molar-refractivity contribution in [3.63, 3.8) is 0 Å². The number of rotatable bonds is 9. The molecule has 8 heteroatoms. The highest BCUT2D eigenvalue weighted by Gasteiger charge is 2.31. The Hall–Kier alpha value is -2.87. The van der Waals surface area contributed by atoms with E-state index in [1.807, 2.05) is 50.2 Å². The molecular formula is C26H37N3O4S. The van der Waals surface area contributed by atoms with E-state index < -0.39 is 28.5 Å². The van der Waals surface area contributed by atoms with Gasteiger partial charge in [-0.2, -0.15) is 0 Å². The molecule has 2 rings (SSSR count). The molecule has 1 atom stereocenters. The van der Waals surface area contributed by atoms with Crippen molar-refractivity contribution in [2.45, 2.75) is 59.0 Å². The first-order valence-electron chi connectivity index (χ1n) is 11.4. The molecule has 0 fully saturated rings. The maximum absolute atomic E-state index is 13.5. The minimum Gasteiger partial charge on any atom is -0.357 e. The van der Waals surface area contributed by atoms with E-state index in [1.54, 1.807) is 12.1 Å². The SMILES string of the molecule is CC[C@H](C(=O)NC)N(Cc1ccc(C)cc1)C(=O)CN(c1ccc(C(C)(C)C)cc1)S(C)(=O)=O. The second kappa shape index (κ2) is 11.0. The highest BCUT2D eigenvalue weighted by Crippen LogP contribution is 2.26. The van der Waals surface area contributed by atoms with Crippen molar-refractivity contribution in [3.05, 3.63) is 65.2 Å². The molecular weight excluding hydrogens is 450 g/mol. The van der Waals surface area contributed by atoms with Gasteiger partial charge in [-0.1, -0.05) is 69.7 Å². The Bertz CT molecular complexity index is 1090. The van der Waals surface area contributed by atoms with E-state index in [1.165, 1.54) is 11.9 Å². The average Bonchev–Trinajstić information content (AvgIpc) is 2.77. The van der Waals surface area contributed by atoms with E-state index in [0.29, 0.717) is 12.1 Å². The lowest BCUT2D eigenvalue weighted by Gasteiger charge is -2.32. The summed E-state index contributed by atoms with van der Waals surface area (Å²) < 4.78 is 26.4. The second-order valence-corrected chi connectivity index (χ2v) is 11.5. The van der Waals surface area contributed by atoms with Crippen molar-refractivity contribution in [1.29, 1.82) is 0 Å². The van der Waals surface area contributed by atoms with E-state index in [4.69, 9.17) is 0 Å². The molecule has 0 aliphatic rings. The predicted octanol–water partition coefficient (Wildman–Crippen LogP) is 3.61. The van der Waals surface area contributed by atoms with Gasteiger partial charge in [0.2, 0.25) is 21.8 Å². The molecule has 34 heavy (non-hydrogen) atoms. The number of hydrogen-bond acceptors (Lipinski definition) is 4. The number of carbonyl (C=O) groups is 2. The number of benzene rings is 2. The Morgan fingerprint density at radius 3 is 2.00 bits per heavy atom. The van der Waals surface area contributed by atoms with Gasteiger partial charge in [-0.3, -0.25) is 13.9 Å². The van der Waals surface area contributed by atoms with Gasteiger partial charge in [0.15, 0.2) is 0 Å². The lowest BCUT2D eigenvalue weighted by atomic mass is 9.87. The maximum atomic E-state index is 13.5. The number of anilines is 1. The maximum Gasteiger partial charge on any atom is 0.244 e. The molecule has 2 aromatic rings. The largest absolute Gasteiger partial charge is 0.357 e. The van der Waals surface area contributed by atoms with E-state index in [0.717, 1.165) is 27.3 Å². The standard InChI is InChI=1S/C26H37N3O4S/c1-8-23(25(31)27-6)28(17-20-11-9-19(2)10-12-20)24(30)18-29(34(7,32)33)22-15-13-21(14-16-22)26(3,4)5/h9-16,23H,8,17-18H2,1-7H3,(H,27,31)/t23-/m1/s1. The number of likely N-dealkylation sites (N-methyl/N-ethyl adjacent to an activating group) is 1. The number of carbonyl (C=O) groups excluding carboxylic acids is 2. The third-order valence-corrected chi connectivity index (χ3v) is 6.95. The van der Waals surface area contributed by atoms with Gasteiger partial charge >= 0.3 is 0 Å². The van der Waals surface area contributed by atoms with Gasteiger partial charge in [0, 0.05) is 13.6 Å². The van der Waals surface area contributed by atoms with Crippen molar-refractivity contribution in [2.24, 2.45) is 0 Å². The summed E-state index contributed by atoms with van der Waals surface area (Å²) in [7, 11) is -2.22. The van der Waals surface area contributed by atoms with Crippen molar-refractivity contribution in [3.8, 4) is 0 Å². The first kappa shape index (κ1) is 27.4. The molecule has 0 radical (unpaired) electrons. The first-order valence-corrected chi connectivity index (χ1v) is 13.3. The molecule has 0 bridgehead atoms. The van der Waals surface area contributed by atoms with E-state index in [-0.39, 0.29) is 17.9 Å². The van der Waals surface area contributed by atoms with Gasteiger partial charge < -0.3 is 10.2 Å². The van der Waals surface area contributed by atoms with Crippen LogP contribution in [0.1, 0.15) is 50.8 Å². The molecule has 0 heterocycles. The molecule has 2 aromatic carbocycles. The molecule has 1 N–H and O–H groups in total. The van der Waals surface area contributed by atoms with Gasteiger partial charge in [0.1, 0.15) is 12.6 Å². The van der Waals surface area contributed by atoms with Gasteiger partial charge in [0.05, 0.1) is 11.9 Å². The normalized spacial score (nSPS) is 12.7.